The summed E-state index contributed by atoms with van der Waals surface area (Å²) in [6.45, 7) is 3.32. The Morgan fingerprint density at radius 1 is 1.36 bits per heavy atom. The van der Waals surface area contributed by atoms with E-state index in [9.17, 15) is 10.1 Å². The van der Waals surface area contributed by atoms with Crippen LogP contribution in [0, 0.1) is 18.3 Å². The number of fused-ring (bicyclic) bond motifs is 1. The minimum absolute atomic E-state index is 0.0177. The van der Waals surface area contributed by atoms with Crippen LogP contribution in [0.5, 0.6) is 5.75 Å². The Morgan fingerprint density at radius 2 is 2.11 bits per heavy atom. The molecule has 0 spiro atoms. The highest BCUT2D eigenvalue weighted by atomic mass is 35.5. The summed E-state index contributed by atoms with van der Waals surface area (Å²) < 4.78 is 7.39. The quantitative estimate of drug-likeness (QED) is 0.836. The molecule has 0 saturated heterocycles. The number of benzene rings is 1. The first kappa shape index (κ1) is 20.0. The van der Waals surface area contributed by atoms with Crippen molar-refractivity contribution in [2.75, 3.05) is 20.6 Å². The van der Waals surface area contributed by atoms with Crippen molar-refractivity contribution < 1.29 is 4.74 Å². The third-order valence-corrected chi connectivity index (χ3v) is 5.09. The first-order valence-corrected chi connectivity index (χ1v) is 9.43. The van der Waals surface area contributed by atoms with Gasteiger partial charge in [0.05, 0.1) is 11.5 Å². The number of halogens is 1. The van der Waals surface area contributed by atoms with Gasteiger partial charge in [0.15, 0.2) is 0 Å². The lowest BCUT2D eigenvalue weighted by atomic mass is 9.84. The molecule has 1 unspecified atom stereocenters. The second-order valence-electron chi connectivity index (χ2n) is 7.16. The molecule has 1 aliphatic rings. The van der Waals surface area contributed by atoms with Crippen molar-refractivity contribution in [1.82, 2.24) is 9.47 Å². The van der Waals surface area contributed by atoms with Gasteiger partial charge in [-0.1, -0.05) is 23.7 Å². The number of aryl methyl sites for hydroxylation is 1. The molecule has 2 aromatic rings. The van der Waals surface area contributed by atoms with E-state index >= 15 is 0 Å². The molecule has 2 N–H and O–H groups in total. The van der Waals surface area contributed by atoms with Crippen LogP contribution in [0.1, 0.15) is 29.2 Å². The summed E-state index contributed by atoms with van der Waals surface area (Å²) in [5.74, 6) is -0.197. The summed E-state index contributed by atoms with van der Waals surface area (Å²) in [6.07, 6.45) is 0.832. The Balaban J connectivity index is 2.17. The van der Waals surface area contributed by atoms with Crippen molar-refractivity contribution >= 4 is 11.6 Å². The zero-order valence-corrected chi connectivity index (χ0v) is 17.0. The summed E-state index contributed by atoms with van der Waals surface area (Å²) >= 11 is 6.16. The number of nitriles is 1. The maximum Gasteiger partial charge on any atom is 0.258 e. The highest BCUT2D eigenvalue weighted by molar-refractivity contribution is 6.30. The van der Waals surface area contributed by atoms with Gasteiger partial charge in [0.1, 0.15) is 17.4 Å². The molecule has 1 aromatic heterocycles. The van der Waals surface area contributed by atoms with Gasteiger partial charge in [-0.3, -0.25) is 4.79 Å². The van der Waals surface area contributed by atoms with Gasteiger partial charge < -0.3 is 19.9 Å². The average molecular weight is 399 g/mol. The van der Waals surface area contributed by atoms with Crippen molar-refractivity contribution in [2.24, 2.45) is 5.73 Å². The molecule has 1 aliphatic heterocycles. The highest BCUT2D eigenvalue weighted by Crippen LogP contribution is 2.40. The molecule has 3 rings (SSSR count). The summed E-state index contributed by atoms with van der Waals surface area (Å²) in [5, 5.41) is 10.2. The SMILES string of the molecule is Cc1cc2c(c(=O)n1CCCN(C)C)C(c1cccc(Cl)c1)C(C#N)=C(N)O2. The topological polar surface area (TPSA) is 84.3 Å². The first-order chi connectivity index (χ1) is 13.3. The Morgan fingerprint density at radius 3 is 2.75 bits per heavy atom. The summed E-state index contributed by atoms with van der Waals surface area (Å²) in [6, 6.07) is 11.1. The monoisotopic (exact) mass is 398 g/mol. The molecule has 7 heteroatoms. The van der Waals surface area contributed by atoms with Crippen LogP contribution in [0.4, 0.5) is 0 Å². The summed E-state index contributed by atoms with van der Waals surface area (Å²) in [5.41, 5.74) is 8.01. The van der Waals surface area contributed by atoms with Crippen molar-refractivity contribution in [3.05, 3.63) is 74.0 Å². The Kier molecular flexibility index (Phi) is 5.78. The van der Waals surface area contributed by atoms with Gasteiger partial charge in [0.2, 0.25) is 5.88 Å². The maximum absolute atomic E-state index is 13.4. The van der Waals surface area contributed by atoms with Crippen LogP contribution in [0.15, 0.2) is 46.6 Å². The predicted octanol–water partition coefficient (Wildman–Crippen LogP) is 2.98. The predicted molar refractivity (Wildman–Crippen MR) is 109 cm³/mol. The zero-order valence-electron chi connectivity index (χ0n) is 16.2. The van der Waals surface area contributed by atoms with Gasteiger partial charge in [-0.15, -0.1) is 0 Å². The van der Waals surface area contributed by atoms with Crippen molar-refractivity contribution in [2.45, 2.75) is 25.8 Å². The lowest BCUT2D eigenvalue weighted by Gasteiger charge is -2.27. The first-order valence-electron chi connectivity index (χ1n) is 9.05. The Hall–Kier alpha value is -2.75. The molecule has 0 fully saturated rings. The fourth-order valence-electron chi connectivity index (χ4n) is 3.53. The van der Waals surface area contributed by atoms with Crippen LogP contribution in [-0.4, -0.2) is 30.1 Å². The third kappa shape index (κ3) is 3.77. The molecule has 0 bridgehead atoms. The van der Waals surface area contributed by atoms with E-state index in [1.165, 1.54) is 0 Å². The Labute approximate surface area is 169 Å². The molecule has 0 aliphatic carbocycles. The lowest BCUT2D eigenvalue weighted by Crippen LogP contribution is -2.33. The fourth-order valence-corrected chi connectivity index (χ4v) is 3.73. The van der Waals surface area contributed by atoms with Crippen LogP contribution in [0.3, 0.4) is 0 Å². The molecular formula is C21H23ClN4O2. The molecule has 1 aromatic carbocycles. The molecule has 146 valence electrons. The number of nitrogens with zero attached hydrogens (tertiary/aromatic N) is 3. The summed E-state index contributed by atoms with van der Waals surface area (Å²) in [4.78, 5) is 15.5. The number of nitrogens with two attached hydrogens (primary N) is 1. The lowest BCUT2D eigenvalue weighted by molar-refractivity contribution is 0.375. The molecule has 1 atom stereocenters. The van der Waals surface area contributed by atoms with Gasteiger partial charge in [0.25, 0.3) is 5.56 Å². The van der Waals surface area contributed by atoms with Crippen LogP contribution < -0.4 is 16.0 Å². The van der Waals surface area contributed by atoms with E-state index in [2.05, 4.69) is 11.0 Å². The minimum Gasteiger partial charge on any atom is -0.440 e. The van der Waals surface area contributed by atoms with Crippen molar-refractivity contribution in [3.8, 4) is 11.8 Å². The number of aromatic nitrogens is 1. The normalized spacial score (nSPS) is 15.9. The van der Waals surface area contributed by atoms with Crippen LogP contribution >= 0.6 is 11.6 Å². The van der Waals surface area contributed by atoms with Gasteiger partial charge in [-0.05, 0) is 51.7 Å². The number of rotatable bonds is 5. The number of pyridine rings is 1. The second-order valence-corrected chi connectivity index (χ2v) is 7.59. The third-order valence-electron chi connectivity index (χ3n) is 4.86. The van der Waals surface area contributed by atoms with Crippen molar-refractivity contribution in [3.63, 3.8) is 0 Å². The van der Waals surface area contributed by atoms with Crippen LogP contribution in [0.25, 0.3) is 0 Å². The number of hydrogen-bond acceptors (Lipinski definition) is 5. The van der Waals surface area contributed by atoms with Crippen molar-refractivity contribution in [1.29, 1.82) is 5.26 Å². The molecule has 0 radical (unpaired) electrons. The molecule has 6 nitrogen and oxygen atoms in total. The van der Waals surface area contributed by atoms with Gasteiger partial charge in [0, 0.05) is 23.3 Å². The fraction of sp³-hybridized carbons (Fsp3) is 0.333. The van der Waals surface area contributed by atoms with Gasteiger partial charge in [-0.2, -0.15) is 5.26 Å². The zero-order chi connectivity index (χ0) is 20.4. The molecule has 0 amide bonds. The van der Waals surface area contributed by atoms with E-state index < -0.39 is 5.92 Å². The van der Waals surface area contributed by atoms with E-state index in [1.54, 1.807) is 22.8 Å². The standard InChI is InChI=1S/C21H23ClN4O2/c1-13-10-17-19(21(27)26(13)9-5-8-25(2)3)18(16(12-23)20(24)28-17)14-6-4-7-15(22)11-14/h4,6-7,10-11,18H,5,8-9,24H2,1-3H3. The largest absolute Gasteiger partial charge is 0.440 e. The van der Waals surface area contributed by atoms with E-state index in [0.717, 1.165) is 24.2 Å². The maximum atomic E-state index is 13.4. The van der Waals surface area contributed by atoms with Crippen LogP contribution in [0.2, 0.25) is 5.02 Å². The molecular weight excluding hydrogens is 376 g/mol. The number of ether oxygens (including phenoxy) is 1. The molecule has 0 saturated carbocycles. The summed E-state index contributed by atoms with van der Waals surface area (Å²) in [7, 11) is 4.00. The molecule has 28 heavy (non-hydrogen) atoms. The number of hydrogen-bond donors (Lipinski definition) is 1. The second kappa shape index (κ2) is 8.09. The van der Waals surface area contributed by atoms with E-state index in [0.29, 0.717) is 22.9 Å². The van der Waals surface area contributed by atoms with E-state index in [4.69, 9.17) is 22.1 Å². The number of allylic oxidation sites excluding steroid dienone is 1. The highest BCUT2D eigenvalue weighted by Gasteiger charge is 2.34. The van der Waals surface area contributed by atoms with E-state index in [-0.39, 0.29) is 17.0 Å². The van der Waals surface area contributed by atoms with Gasteiger partial charge in [-0.25, -0.2) is 0 Å². The Bertz CT molecular complexity index is 1030. The van der Waals surface area contributed by atoms with E-state index in [1.807, 2.05) is 33.2 Å². The minimum atomic E-state index is -0.611. The van der Waals surface area contributed by atoms with Gasteiger partial charge >= 0.3 is 0 Å². The van der Waals surface area contributed by atoms with Crippen LogP contribution in [-0.2, 0) is 6.54 Å². The smallest absolute Gasteiger partial charge is 0.258 e. The average Bonchev–Trinajstić information content (AvgIpc) is 2.63. The molecule has 2 heterocycles.